The molecule has 5 rings (SSSR count). The normalized spacial score (nSPS) is 17.8. The Kier molecular flexibility index (Phi) is 4.80. The second-order valence-corrected chi connectivity index (χ2v) is 7.61. The summed E-state index contributed by atoms with van der Waals surface area (Å²) in [7, 11) is 0. The summed E-state index contributed by atoms with van der Waals surface area (Å²) in [6.07, 6.45) is 1.79. The largest absolute Gasteiger partial charge is 0.356 e. The maximum atomic E-state index is 13.3. The van der Waals surface area contributed by atoms with Crippen LogP contribution in [0.2, 0.25) is 0 Å². The van der Waals surface area contributed by atoms with Crippen LogP contribution in [0.1, 0.15) is 45.2 Å². The number of likely N-dealkylation sites (tertiary alicyclic amines) is 1. The van der Waals surface area contributed by atoms with Crippen LogP contribution in [0.15, 0.2) is 47.0 Å². The summed E-state index contributed by atoms with van der Waals surface area (Å²) in [6.45, 7) is 2.55. The van der Waals surface area contributed by atoms with E-state index in [0.29, 0.717) is 23.3 Å². The van der Waals surface area contributed by atoms with E-state index in [1.54, 1.807) is 30.3 Å². The van der Waals surface area contributed by atoms with E-state index < -0.39 is 11.8 Å². The Morgan fingerprint density at radius 1 is 1.07 bits per heavy atom. The maximum absolute atomic E-state index is 13.3. The van der Waals surface area contributed by atoms with Crippen molar-refractivity contribution >= 4 is 22.8 Å². The third-order valence-electron chi connectivity index (χ3n) is 5.82. The first-order valence-electron chi connectivity index (χ1n) is 10.00. The maximum Gasteiger partial charge on any atom is 0.285 e. The first-order chi connectivity index (χ1) is 14.6. The first-order valence-corrected chi connectivity index (χ1v) is 10.00. The molecule has 1 aromatic heterocycles. The fourth-order valence-corrected chi connectivity index (χ4v) is 4.20. The predicted octanol–water partition coefficient (Wildman–Crippen LogP) is 3.37. The minimum absolute atomic E-state index is 0.252. The Morgan fingerprint density at radius 2 is 1.77 bits per heavy atom. The number of nitrogens with zero attached hydrogens (tertiary/aromatic N) is 3. The Balaban J connectivity index is 1.14. The van der Waals surface area contributed by atoms with Crippen LogP contribution in [-0.2, 0) is 4.84 Å². The minimum Gasteiger partial charge on any atom is -0.356 e. The number of aromatic nitrogens is 1. The number of hydroxylamine groups is 2. The molecular weight excluding hydrogens is 389 g/mol. The van der Waals surface area contributed by atoms with Gasteiger partial charge in [0, 0.05) is 23.9 Å². The highest BCUT2D eigenvalue weighted by Crippen LogP contribution is 2.32. The van der Waals surface area contributed by atoms with Crippen LogP contribution >= 0.6 is 0 Å². The van der Waals surface area contributed by atoms with E-state index in [4.69, 9.17) is 9.36 Å². The quantitative estimate of drug-likeness (QED) is 0.602. The van der Waals surface area contributed by atoms with Crippen molar-refractivity contribution in [3.05, 3.63) is 65.1 Å². The van der Waals surface area contributed by atoms with Crippen molar-refractivity contribution < 1.29 is 23.3 Å². The number of halogens is 1. The molecule has 0 unspecified atom stereocenters. The standard InChI is InChI=1S/C22H20FN3O4/c23-15-5-6-18-19(13-15)30-24-20(18)14-7-9-25(10-8-14)11-12-29-26-21(27)16-3-1-2-4-17(16)22(26)28/h1-6,13-14H,7-12H2. The topological polar surface area (TPSA) is 75.9 Å². The summed E-state index contributed by atoms with van der Waals surface area (Å²) in [5.41, 5.74) is 2.11. The summed E-state index contributed by atoms with van der Waals surface area (Å²) in [5, 5.41) is 5.89. The molecule has 2 aliphatic heterocycles. The van der Waals surface area contributed by atoms with Gasteiger partial charge in [-0.15, -0.1) is 5.06 Å². The Labute approximate surface area is 171 Å². The molecule has 0 bridgehead atoms. The number of amides is 2. The fourth-order valence-electron chi connectivity index (χ4n) is 4.20. The lowest BCUT2D eigenvalue weighted by atomic mass is 9.91. The van der Waals surface area contributed by atoms with Crippen molar-refractivity contribution in [1.82, 2.24) is 15.1 Å². The van der Waals surface area contributed by atoms with Gasteiger partial charge in [0.05, 0.1) is 23.4 Å². The van der Waals surface area contributed by atoms with Gasteiger partial charge in [0.2, 0.25) is 0 Å². The van der Waals surface area contributed by atoms with E-state index in [1.165, 1.54) is 12.1 Å². The third-order valence-corrected chi connectivity index (χ3v) is 5.82. The molecule has 0 aliphatic carbocycles. The first kappa shape index (κ1) is 18.9. The van der Waals surface area contributed by atoms with Gasteiger partial charge in [-0.1, -0.05) is 17.3 Å². The average molecular weight is 409 g/mol. The molecule has 2 aromatic carbocycles. The summed E-state index contributed by atoms with van der Waals surface area (Å²) in [4.78, 5) is 32.4. The zero-order chi connectivity index (χ0) is 20.7. The molecule has 2 amide bonds. The smallest absolute Gasteiger partial charge is 0.285 e. The van der Waals surface area contributed by atoms with E-state index >= 15 is 0 Å². The van der Waals surface area contributed by atoms with Crippen molar-refractivity contribution in [3.63, 3.8) is 0 Å². The summed E-state index contributed by atoms with van der Waals surface area (Å²) in [6, 6.07) is 11.2. The zero-order valence-electron chi connectivity index (χ0n) is 16.2. The van der Waals surface area contributed by atoms with Gasteiger partial charge in [0.1, 0.15) is 5.82 Å². The molecule has 8 heteroatoms. The highest BCUT2D eigenvalue weighted by Gasteiger charge is 2.36. The summed E-state index contributed by atoms with van der Waals surface area (Å²) >= 11 is 0. The number of carbonyl (C=O) groups is 2. The number of rotatable bonds is 5. The van der Waals surface area contributed by atoms with Gasteiger partial charge in [-0.05, 0) is 50.2 Å². The van der Waals surface area contributed by atoms with Gasteiger partial charge < -0.3 is 9.42 Å². The van der Waals surface area contributed by atoms with E-state index in [-0.39, 0.29) is 18.3 Å². The number of imide groups is 1. The second-order valence-electron chi connectivity index (χ2n) is 7.61. The molecule has 154 valence electrons. The van der Waals surface area contributed by atoms with Crippen LogP contribution < -0.4 is 0 Å². The number of hydrogen-bond acceptors (Lipinski definition) is 6. The molecule has 3 heterocycles. The Bertz CT molecular complexity index is 1090. The minimum atomic E-state index is -0.413. The van der Waals surface area contributed by atoms with Gasteiger partial charge in [-0.2, -0.15) is 0 Å². The monoisotopic (exact) mass is 409 g/mol. The fraction of sp³-hybridized carbons (Fsp3) is 0.318. The number of fused-ring (bicyclic) bond motifs is 2. The van der Waals surface area contributed by atoms with Crippen molar-refractivity contribution in [2.24, 2.45) is 0 Å². The average Bonchev–Trinajstić information content (AvgIpc) is 3.29. The van der Waals surface area contributed by atoms with Gasteiger partial charge in [-0.25, -0.2) is 4.39 Å². The molecular formula is C22H20FN3O4. The van der Waals surface area contributed by atoms with Gasteiger partial charge in [-0.3, -0.25) is 14.4 Å². The Hall–Kier alpha value is -3.10. The van der Waals surface area contributed by atoms with Crippen LogP contribution in [0, 0.1) is 5.82 Å². The van der Waals surface area contributed by atoms with E-state index in [2.05, 4.69) is 10.1 Å². The summed E-state index contributed by atoms with van der Waals surface area (Å²) < 4.78 is 18.6. The number of benzene rings is 2. The molecule has 1 saturated heterocycles. The van der Waals surface area contributed by atoms with Crippen LogP contribution in [-0.4, -0.2) is 53.2 Å². The molecule has 0 spiro atoms. The molecule has 0 atom stereocenters. The van der Waals surface area contributed by atoms with E-state index in [9.17, 15) is 14.0 Å². The lowest BCUT2D eigenvalue weighted by Crippen LogP contribution is -2.38. The third kappa shape index (κ3) is 3.28. The van der Waals surface area contributed by atoms with E-state index in [1.807, 2.05) is 0 Å². The summed E-state index contributed by atoms with van der Waals surface area (Å²) in [5.74, 6) is -0.907. The molecule has 0 radical (unpaired) electrons. The number of hydrogen-bond donors (Lipinski definition) is 0. The van der Waals surface area contributed by atoms with Crippen molar-refractivity contribution in [2.45, 2.75) is 18.8 Å². The van der Waals surface area contributed by atoms with Gasteiger partial charge in [0.25, 0.3) is 11.8 Å². The molecule has 1 fully saturated rings. The van der Waals surface area contributed by atoms with E-state index in [0.717, 1.165) is 42.1 Å². The predicted molar refractivity (Wildman–Crippen MR) is 105 cm³/mol. The number of carbonyl (C=O) groups excluding carboxylic acids is 2. The zero-order valence-corrected chi connectivity index (χ0v) is 16.2. The number of piperidine rings is 1. The van der Waals surface area contributed by atoms with Crippen molar-refractivity contribution in [3.8, 4) is 0 Å². The highest BCUT2D eigenvalue weighted by molar-refractivity contribution is 6.20. The van der Waals surface area contributed by atoms with Crippen LogP contribution in [0.25, 0.3) is 11.0 Å². The molecule has 0 N–H and O–H groups in total. The van der Waals surface area contributed by atoms with Crippen molar-refractivity contribution in [1.29, 1.82) is 0 Å². The SMILES string of the molecule is O=C1c2ccccc2C(=O)N1OCCN1CCC(c2noc3cc(F)ccc23)CC1. The molecule has 7 nitrogen and oxygen atoms in total. The Morgan fingerprint density at radius 3 is 2.47 bits per heavy atom. The van der Waals surface area contributed by atoms with Crippen molar-refractivity contribution in [2.75, 3.05) is 26.2 Å². The lowest BCUT2D eigenvalue weighted by Gasteiger charge is -2.31. The van der Waals surface area contributed by atoms with Gasteiger partial charge >= 0.3 is 0 Å². The van der Waals surface area contributed by atoms with Crippen LogP contribution in [0.5, 0.6) is 0 Å². The van der Waals surface area contributed by atoms with Crippen LogP contribution in [0.4, 0.5) is 4.39 Å². The lowest BCUT2D eigenvalue weighted by molar-refractivity contribution is -0.0963. The highest BCUT2D eigenvalue weighted by atomic mass is 19.1. The molecule has 0 saturated carbocycles. The van der Waals surface area contributed by atoms with Crippen LogP contribution in [0.3, 0.4) is 0 Å². The van der Waals surface area contributed by atoms with Gasteiger partial charge in [0.15, 0.2) is 5.58 Å². The molecule has 3 aromatic rings. The molecule has 2 aliphatic rings. The molecule has 30 heavy (non-hydrogen) atoms. The second kappa shape index (κ2) is 7.62.